The van der Waals surface area contributed by atoms with E-state index in [4.69, 9.17) is 9.84 Å². The van der Waals surface area contributed by atoms with E-state index < -0.39 is 17.6 Å². The van der Waals surface area contributed by atoms with Gasteiger partial charge in [-0.3, -0.25) is 0 Å². The molecular formula is C11H14F2O2. The summed E-state index contributed by atoms with van der Waals surface area (Å²) in [5, 5.41) is 8.89. The number of benzene rings is 1. The van der Waals surface area contributed by atoms with Crippen LogP contribution in [0.25, 0.3) is 0 Å². The summed E-state index contributed by atoms with van der Waals surface area (Å²) in [6.45, 7) is 1.37. The van der Waals surface area contributed by atoms with Crippen LogP contribution >= 0.6 is 0 Å². The van der Waals surface area contributed by atoms with Crippen molar-refractivity contribution in [1.82, 2.24) is 0 Å². The molecule has 1 atom stereocenters. The third kappa shape index (κ3) is 2.52. The van der Waals surface area contributed by atoms with Gasteiger partial charge in [0, 0.05) is 30.8 Å². The SMILES string of the molecule is COCc1ccc(F)c(C(C)CO)c1F. The van der Waals surface area contributed by atoms with Crippen LogP contribution in [0.1, 0.15) is 24.0 Å². The van der Waals surface area contributed by atoms with Gasteiger partial charge in [0.25, 0.3) is 0 Å². The van der Waals surface area contributed by atoms with Gasteiger partial charge in [-0.05, 0) is 6.07 Å². The van der Waals surface area contributed by atoms with Crippen LogP contribution in [0.15, 0.2) is 12.1 Å². The van der Waals surface area contributed by atoms with Crippen LogP contribution in [0.3, 0.4) is 0 Å². The molecule has 0 aliphatic heterocycles. The second kappa shape index (κ2) is 5.19. The number of aliphatic hydroxyl groups excluding tert-OH is 1. The molecule has 0 radical (unpaired) electrons. The summed E-state index contributed by atoms with van der Waals surface area (Å²) in [6.07, 6.45) is 0. The van der Waals surface area contributed by atoms with E-state index in [1.54, 1.807) is 6.92 Å². The first-order valence-electron chi connectivity index (χ1n) is 4.68. The zero-order valence-electron chi connectivity index (χ0n) is 8.76. The number of aliphatic hydroxyl groups is 1. The summed E-state index contributed by atoms with van der Waals surface area (Å²) < 4.78 is 31.8. The lowest BCUT2D eigenvalue weighted by molar-refractivity contribution is 0.180. The molecule has 0 bridgehead atoms. The smallest absolute Gasteiger partial charge is 0.135 e. The third-order valence-corrected chi connectivity index (χ3v) is 2.27. The molecule has 1 aromatic carbocycles. The van der Waals surface area contributed by atoms with Crippen LogP contribution in [0.2, 0.25) is 0 Å². The monoisotopic (exact) mass is 216 g/mol. The number of hydrogen-bond donors (Lipinski definition) is 1. The molecule has 15 heavy (non-hydrogen) atoms. The Morgan fingerprint density at radius 2 is 2.07 bits per heavy atom. The summed E-state index contributed by atoms with van der Waals surface area (Å²) in [5.41, 5.74) is 0.223. The maximum absolute atomic E-state index is 13.7. The van der Waals surface area contributed by atoms with Crippen LogP contribution in [-0.2, 0) is 11.3 Å². The van der Waals surface area contributed by atoms with Crippen LogP contribution in [0.4, 0.5) is 8.78 Å². The van der Waals surface area contributed by atoms with Gasteiger partial charge in [0.05, 0.1) is 6.61 Å². The van der Waals surface area contributed by atoms with Crippen LogP contribution in [0.5, 0.6) is 0 Å². The lowest BCUT2D eigenvalue weighted by atomic mass is 9.98. The second-order valence-electron chi connectivity index (χ2n) is 3.45. The summed E-state index contributed by atoms with van der Waals surface area (Å²) in [4.78, 5) is 0. The minimum atomic E-state index is -0.631. The van der Waals surface area contributed by atoms with Gasteiger partial charge < -0.3 is 9.84 Å². The molecule has 1 N–H and O–H groups in total. The van der Waals surface area contributed by atoms with E-state index in [0.717, 1.165) is 0 Å². The summed E-state index contributed by atoms with van der Waals surface area (Å²) in [7, 11) is 1.44. The van der Waals surface area contributed by atoms with Crippen molar-refractivity contribution in [3.05, 3.63) is 34.9 Å². The van der Waals surface area contributed by atoms with Crippen molar-refractivity contribution >= 4 is 0 Å². The highest BCUT2D eigenvalue weighted by Crippen LogP contribution is 2.24. The molecule has 1 unspecified atom stereocenters. The van der Waals surface area contributed by atoms with Gasteiger partial charge in [0.2, 0.25) is 0 Å². The minimum Gasteiger partial charge on any atom is -0.396 e. The molecule has 0 heterocycles. The molecule has 84 valence electrons. The van der Waals surface area contributed by atoms with Crippen LogP contribution < -0.4 is 0 Å². The summed E-state index contributed by atoms with van der Waals surface area (Å²) in [5.74, 6) is -1.81. The molecule has 0 fully saturated rings. The van der Waals surface area contributed by atoms with Crippen molar-refractivity contribution in [3.63, 3.8) is 0 Å². The van der Waals surface area contributed by atoms with Gasteiger partial charge in [-0.1, -0.05) is 13.0 Å². The molecule has 2 nitrogen and oxygen atoms in total. The quantitative estimate of drug-likeness (QED) is 0.836. The molecule has 0 aliphatic rings. The average Bonchev–Trinajstić information content (AvgIpc) is 2.22. The first-order valence-corrected chi connectivity index (χ1v) is 4.68. The maximum atomic E-state index is 13.7. The predicted molar refractivity (Wildman–Crippen MR) is 52.6 cm³/mol. The highest BCUT2D eigenvalue weighted by molar-refractivity contribution is 5.29. The van der Waals surface area contributed by atoms with E-state index in [1.165, 1.54) is 19.2 Å². The first-order chi connectivity index (χ1) is 7.11. The lowest BCUT2D eigenvalue weighted by Gasteiger charge is -2.13. The van der Waals surface area contributed by atoms with E-state index in [2.05, 4.69) is 0 Å². The van der Waals surface area contributed by atoms with E-state index in [1.807, 2.05) is 0 Å². The van der Waals surface area contributed by atoms with Gasteiger partial charge in [-0.2, -0.15) is 0 Å². The molecule has 4 heteroatoms. The third-order valence-electron chi connectivity index (χ3n) is 2.27. The molecule has 0 saturated carbocycles. The van der Waals surface area contributed by atoms with E-state index in [-0.39, 0.29) is 18.8 Å². The van der Waals surface area contributed by atoms with Gasteiger partial charge in [0.1, 0.15) is 11.6 Å². The summed E-state index contributed by atoms with van der Waals surface area (Å²) in [6, 6.07) is 2.54. The number of hydrogen-bond acceptors (Lipinski definition) is 2. The topological polar surface area (TPSA) is 29.5 Å². The highest BCUT2D eigenvalue weighted by Gasteiger charge is 2.18. The number of methoxy groups -OCH3 is 1. The van der Waals surface area contributed by atoms with E-state index >= 15 is 0 Å². The van der Waals surface area contributed by atoms with Crippen molar-refractivity contribution in [2.24, 2.45) is 0 Å². The van der Waals surface area contributed by atoms with Gasteiger partial charge in [-0.25, -0.2) is 8.78 Å². The van der Waals surface area contributed by atoms with E-state index in [9.17, 15) is 8.78 Å². The van der Waals surface area contributed by atoms with Gasteiger partial charge in [-0.15, -0.1) is 0 Å². The first kappa shape index (κ1) is 12.1. The second-order valence-corrected chi connectivity index (χ2v) is 3.45. The Labute approximate surface area is 87.5 Å². The number of halogens is 2. The zero-order valence-corrected chi connectivity index (χ0v) is 8.76. The standard InChI is InChI=1S/C11H14F2O2/c1-7(5-14)10-9(12)4-3-8(6-15-2)11(10)13/h3-4,7,14H,5-6H2,1-2H3. The molecule has 1 rings (SSSR count). The number of rotatable bonds is 4. The van der Waals surface area contributed by atoms with Crippen molar-refractivity contribution in [1.29, 1.82) is 0 Å². The van der Waals surface area contributed by atoms with Crippen molar-refractivity contribution in [3.8, 4) is 0 Å². The highest BCUT2D eigenvalue weighted by atomic mass is 19.1. The fourth-order valence-electron chi connectivity index (χ4n) is 1.42. The largest absolute Gasteiger partial charge is 0.396 e. The Kier molecular flexibility index (Phi) is 4.17. The Morgan fingerprint density at radius 1 is 1.40 bits per heavy atom. The van der Waals surface area contributed by atoms with E-state index in [0.29, 0.717) is 5.56 Å². The van der Waals surface area contributed by atoms with Gasteiger partial charge >= 0.3 is 0 Å². The molecule has 0 aliphatic carbocycles. The van der Waals surface area contributed by atoms with Crippen molar-refractivity contribution < 1.29 is 18.6 Å². The van der Waals surface area contributed by atoms with Crippen LogP contribution in [0, 0.1) is 11.6 Å². The fraction of sp³-hybridized carbons (Fsp3) is 0.455. The van der Waals surface area contributed by atoms with Crippen molar-refractivity contribution in [2.75, 3.05) is 13.7 Å². The molecule has 0 amide bonds. The lowest BCUT2D eigenvalue weighted by Crippen LogP contribution is -2.08. The molecule has 0 aromatic heterocycles. The molecular weight excluding hydrogens is 202 g/mol. The Bertz CT molecular complexity index is 340. The minimum absolute atomic E-state index is 0.0768. The summed E-state index contributed by atoms with van der Waals surface area (Å²) >= 11 is 0. The average molecular weight is 216 g/mol. The Balaban J connectivity index is 3.17. The maximum Gasteiger partial charge on any atom is 0.135 e. The Hall–Kier alpha value is -1.00. The molecule has 1 aromatic rings. The molecule has 0 saturated heterocycles. The van der Waals surface area contributed by atoms with Gasteiger partial charge in [0.15, 0.2) is 0 Å². The predicted octanol–water partition coefficient (Wildman–Crippen LogP) is 2.21. The van der Waals surface area contributed by atoms with Crippen LogP contribution in [-0.4, -0.2) is 18.8 Å². The normalized spacial score (nSPS) is 12.9. The van der Waals surface area contributed by atoms with Crippen molar-refractivity contribution in [2.45, 2.75) is 19.4 Å². The number of ether oxygens (including phenoxy) is 1. The molecule has 0 spiro atoms. The zero-order chi connectivity index (χ0) is 11.4. The fourth-order valence-corrected chi connectivity index (χ4v) is 1.42. The Morgan fingerprint density at radius 3 is 2.60 bits per heavy atom.